The summed E-state index contributed by atoms with van der Waals surface area (Å²) in [5.41, 5.74) is 2.66. The summed E-state index contributed by atoms with van der Waals surface area (Å²) < 4.78 is 32.0. The van der Waals surface area contributed by atoms with Crippen LogP contribution in [0.3, 0.4) is 0 Å². The van der Waals surface area contributed by atoms with E-state index in [1.54, 1.807) is 23.0 Å². The first-order valence-corrected chi connectivity index (χ1v) is 14.9. The lowest BCUT2D eigenvalue weighted by molar-refractivity contribution is -0.139. The van der Waals surface area contributed by atoms with E-state index in [4.69, 9.17) is 14.2 Å². The summed E-state index contributed by atoms with van der Waals surface area (Å²) in [7, 11) is 0.271. The monoisotopic (exact) mass is 550 g/mol. The number of amides is 2. The van der Waals surface area contributed by atoms with E-state index < -0.39 is 24.7 Å². The zero-order valence-electron chi connectivity index (χ0n) is 20.0. The smallest absolute Gasteiger partial charge is 0.324 e. The van der Waals surface area contributed by atoms with E-state index in [1.165, 1.54) is 6.33 Å². The highest BCUT2D eigenvalue weighted by Crippen LogP contribution is 2.44. The molecule has 0 bridgehead atoms. The van der Waals surface area contributed by atoms with E-state index in [0.717, 1.165) is 5.56 Å². The number of rotatable bonds is 8. The van der Waals surface area contributed by atoms with Crippen molar-refractivity contribution >= 4 is 45.1 Å². The van der Waals surface area contributed by atoms with Crippen molar-refractivity contribution in [2.45, 2.75) is 37.3 Å². The van der Waals surface area contributed by atoms with E-state index in [1.807, 2.05) is 48.5 Å². The Morgan fingerprint density at radius 3 is 2.50 bits per heavy atom. The normalized spacial score (nSPS) is 24.8. The SMILES string of the molecule is O=PPC[C@H]1O[C@@H](n2cnc3c(NC(=O)Nc4ccccc4)ncnc32)[C@@H]2OC(Cc3ccccc3)O[C@@H]21. The van der Waals surface area contributed by atoms with Crippen LogP contribution in [0.15, 0.2) is 73.3 Å². The van der Waals surface area contributed by atoms with Gasteiger partial charge in [-0.25, -0.2) is 19.7 Å². The van der Waals surface area contributed by atoms with E-state index in [9.17, 15) is 9.36 Å². The van der Waals surface area contributed by atoms with Crippen LogP contribution in [0, 0.1) is 0 Å². The van der Waals surface area contributed by atoms with Crippen molar-refractivity contribution in [3.63, 3.8) is 0 Å². The number of ether oxygens (including phenoxy) is 3. The first-order valence-electron chi connectivity index (χ1n) is 12.1. The van der Waals surface area contributed by atoms with Crippen LogP contribution in [-0.2, 0) is 25.2 Å². The summed E-state index contributed by atoms with van der Waals surface area (Å²) >= 11 is 0. The molecule has 4 aromatic rings. The third kappa shape index (κ3) is 5.16. The number of hydrogen-bond acceptors (Lipinski definition) is 8. The van der Waals surface area contributed by atoms with Gasteiger partial charge in [0.1, 0.15) is 18.5 Å². The molecule has 6 rings (SSSR count). The number of nitrogens with one attached hydrogen (secondary N) is 2. The molecule has 6 atom stereocenters. The highest BCUT2D eigenvalue weighted by Gasteiger charge is 2.53. The van der Waals surface area contributed by atoms with Crippen molar-refractivity contribution in [1.82, 2.24) is 19.5 Å². The number of anilines is 2. The predicted molar refractivity (Wildman–Crippen MR) is 143 cm³/mol. The molecule has 2 fully saturated rings. The Kier molecular flexibility index (Phi) is 7.35. The molecule has 0 aliphatic carbocycles. The molecule has 0 spiro atoms. The number of para-hydroxylation sites is 1. The van der Waals surface area contributed by atoms with Crippen molar-refractivity contribution in [2.75, 3.05) is 16.8 Å². The average Bonchev–Trinajstić information content (AvgIpc) is 3.63. The van der Waals surface area contributed by atoms with Gasteiger partial charge in [-0.2, -0.15) is 0 Å². The molecule has 2 amide bonds. The number of imidazole rings is 1. The molecular weight excluding hydrogens is 526 g/mol. The van der Waals surface area contributed by atoms with Crippen LogP contribution in [0.5, 0.6) is 0 Å². The van der Waals surface area contributed by atoms with Gasteiger partial charge in [0.15, 0.2) is 37.6 Å². The molecule has 2 aliphatic heterocycles. The Bertz CT molecular complexity index is 1430. The summed E-state index contributed by atoms with van der Waals surface area (Å²) in [5.74, 6) is 0.269. The molecular formula is C25H24N6O5P2. The quantitative estimate of drug-likeness (QED) is 0.305. The van der Waals surface area contributed by atoms with Crippen molar-refractivity contribution in [3.05, 3.63) is 78.9 Å². The summed E-state index contributed by atoms with van der Waals surface area (Å²) in [6, 6.07) is 18.7. The number of carbonyl (C=O) groups is 1. The van der Waals surface area contributed by atoms with Gasteiger partial charge in [0.05, 0.1) is 12.4 Å². The van der Waals surface area contributed by atoms with Crippen molar-refractivity contribution in [3.8, 4) is 0 Å². The zero-order chi connectivity index (χ0) is 25.9. The number of fused-ring (bicyclic) bond motifs is 2. The molecule has 38 heavy (non-hydrogen) atoms. The van der Waals surface area contributed by atoms with Crippen LogP contribution in [0.1, 0.15) is 11.8 Å². The third-order valence-electron chi connectivity index (χ3n) is 6.40. The van der Waals surface area contributed by atoms with Crippen LogP contribution in [-0.4, -0.2) is 56.3 Å². The Balaban J connectivity index is 1.23. The molecule has 2 unspecified atom stereocenters. The van der Waals surface area contributed by atoms with Gasteiger partial charge < -0.3 is 19.5 Å². The van der Waals surface area contributed by atoms with Crippen LogP contribution in [0.2, 0.25) is 0 Å². The topological polar surface area (TPSA) is 129 Å². The van der Waals surface area contributed by atoms with E-state index in [2.05, 4.69) is 25.6 Å². The number of hydrogen-bond donors (Lipinski definition) is 2. The van der Waals surface area contributed by atoms with Crippen molar-refractivity contribution < 1.29 is 23.6 Å². The Morgan fingerprint density at radius 2 is 1.71 bits per heavy atom. The Morgan fingerprint density at radius 1 is 0.947 bits per heavy atom. The lowest BCUT2D eigenvalue weighted by Gasteiger charge is -2.21. The number of benzene rings is 2. The second-order valence-corrected chi connectivity index (χ2v) is 11.2. The summed E-state index contributed by atoms with van der Waals surface area (Å²) in [5, 5.41) is 5.51. The zero-order valence-corrected chi connectivity index (χ0v) is 21.9. The van der Waals surface area contributed by atoms with Crippen molar-refractivity contribution in [2.24, 2.45) is 0 Å². The molecule has 194 valence electrons. The van der Waals surface area contributed by atoms with Gasteiger partial charge in [0.2, 0.25) is 0 Å². The summed E-state index contributed by atoms with van der Waals surface area (Å²) in [6.45, 7) is 0. The molecule has 2 N–H and O–H groups in total. The van der Waals surface area contributed by atoms with E-state index in [0.29, 0.717) is 29.4 Å². The first kappa shape index (κ1) is 25.0. The van der Waals surface area contributed by atoms with Crippen LogP contribution < -0.4 is 10.6 Å². The van der Waals surface area contributed by atoms with Gasteiger partial charge in [0.25, 0.3) is 0 Å². The molecule has 2 aromatic heterocycles. The fourth-order valence-corrected chi connectivity index (χ4v) is 6.09. The Hall–Kier alpha value is -3.33. The molecule has 11 nitrogen and oxygen atoms in total. The van der Waals surface area contributed by atoms with Gasteiger partial charge in [0, 0.05) is 18.3 Å². The molecule has 2 saturated heterocycles. The maximum atomic E-state index is 12.6. The van der Waals surface area contributed by atoms with E-state index >= 15 is 0 Å². The third-order valence-corrected chi connectivity index (χ3v) is 8.05. The van der Waals surface area contributed by atoms with Crippen LogP contribution in [0.4, 0.5) is 16.3 Å². The number of nitrogens with zero attached hydrogens (tertiary/aromatic N) is 4. The summed E-state index contributed by atoms with van der Waals surface area (Å²) in [4.78, 5) is 25.7. The number of carbonyl (C=O) groups excluding carboxylic acids is 1. The second-order valence-electron chi connectivity index (χ2n) is 8.83. The highest BCUT2D eigenvalue weighted by atomic mass is 32.0. The molecule has 2 aromatic carbocycles. The largest absolute Gasteiger partial charge is 0.349 e. The predicted octanol–water partition coefficient (Wildman–Crippen LogP) is 4.61. The lowest BCUT2D eigenvalue weighted by atomic mass is 10.1. The van der Waals surface area contributed by atoms with Crippen LogP contribution in [0.25, 0.3) is 11.2 Å². The van der Waals surface area contributed by atoms with Gasteiger partial charge in [-0.15, -0.1) is 0 Å². The lowest BCUT2D eigenvalue weighted by Crippen LogP contribution is -2.29. The molecule has 2 aliphatic rings. The van der Waals surface area contributed by atoms with Gasteiger partial charge in [-0.3, -0.25) is 14.4 Å². The maximum Gasteiger partial charge on any atom is 0.324 e. The molecule has 13 heteroatoms. The minimum atomic E-state index is -0.565. The minimum absolute atomic E-state index is 0.0801. The van der Waals surface area contributed by atoms with Crippen LogP contribution >= 0.6 is 16.4 Å². The summed E-state index contributed by atoms with van der Waals surface area (Å²) in [6.07, 6.45) is 2.13. The average molecular weight is 550 g/mol. The Labute approximate surface area is 221 Å². The maximum absolute atomic E-state index is 12.6. The number of aromatic nitrogens is 4. The van der Waals surface area contributed by atoms with Gasteiger partial charge in [-0.05, 0) is 26.0 Å². The molecule has 4 heterocycles. The fourth-order valence-electron chi connectivity index (χ4n) is 4.74. The standard InChI is InChI=1S/C25H24N6O5P2/c32-25(29-16-9-5-2-6-10-16)30-22-19-23(27-13-26-22)31(14-28-19)24-21-20(17(34-24)12-37-38-33)35-18(36-21)11-15-7-3-1-4-8-15/h1-10,13-14,17-18,20-21,24,37H,11-12H2,(H2,26,27,29,30,32)/t17-,18?,20-,21-,24-/m1/s1. The first-order chi connectivity index (χ1) is 18.7. The highest BCUT2D eigenvalue weighted by molar-refractivity contribution is 8.05. The van der Waals surface area contributed by atoms with Gasteiger partial charge >= 0.3 is 6.03 Å². The fraction of sp³-hybridized carbons (Fsp3) is 0.280. The number of urea groups is 1. The minimum Gasteiger partial charge on any atom is -0.349 e. The van der Waals surface area contributed by atoms with Crippen molar-refractivity contribution in [1.29, 1.82) is 0 Å². The van der Waals surface area contributed by atoms with E-state index in [-0.39, 0.29) is 34.4 Å². The molecule has 0 radical (unpaired) electrons. The van der Waals surface area contributed by atoms with Gasteiger partial charge in [-0.1, -0.05) is 48.5 Å². The second kappa shape index (κ2) is 11.2. The molecule has 0 saturated carbocycles.